The molecule has 1 fully saturated rings. The van der Waals surface area contributed by atoms with Crippen molar-refractivity contribution < 1.29 is 47.8 Å². The predicted octanol–water partition coefficient (Wildman–Crippen LogP) is -3.32. The van der Waals surface area contributed by atoms with Crippen LogP contribution in [-0.4, -0.2) is 40.4 Å². The van der Waals surface area contributed by atoms with Crippen LogP contribution in [0.25, 0.3) is 0 Å². The Morgan fingerprint density at radius 3 is 2.75 bits per heavy atom. The van der Waals surface area contributed by atoms with Crippen molar-refractivity contribution in [1.82, 2.24) is 0 Å². The Kier molecular flexibility index (Phi) is 6.18. The zero-order valence-corrected chi connectivity index (χ0v) is 10.2. The third-order valence-electron chi connectivity index (χ3n) is 1.88. The van der Waals surface area contributed by atoms with E-state index in [0.29, 0.717) is 19.6 Å². The van der Waals surface area contributed by atoms with Gasteiger partial charge in [-0.05, 0) is 0 Å². The summed E-state index contributed by atoms with van der Waals surface area (Å²) in [5, 5.41) is 0. The van der Waals surface area contributed by atoms with Crippen molar-refractivity contribution in [3.63, 3.8) is 0 Å². The predicted molar refractivity (Wildman–Crippen MR) is 39.0 cm³/mol. The topological polar surface area (TPSA) is 58.6 Å². The van der Waals surface area contributed by atoms with E-state index in [4.69, 9.17) is 9.47 Å². The first kappa shape index (κ1) is 13.0. The summed E-state index contributed by atoms with van der Waals surface area (Å²) in [4.78, 5) is 0. The van der Waals surface area contributed by atoms with Gasteiger partial charge in [0.25, 0.3) is 0 Å². The van der Waals surface area contributed by atoms with E-state index in [2.05, 4.69) is 0 Å². The molecule has 1 aliphatic rings. The zero-order chi connectivity index (χ0) is 8.32. The average molecular weight is 202 g/mol. The third-order valence-corrected chi connectivity index (χ3v) is 2.64. The molecule has 1 heterocycles. The van der Waals surface area contributed by atoms with Crippen molar-refractivity contribution in [3.05, 3.63) is 0 Å². The second-order valence-electron chi connectivity index (χ2n) is 2.64. The van der Waals surface area contributed by atoms with Crippen molar-refractivity contribution in [2.45, 2.75) is 12.0 Å². The number of hydrogen-bond acceptors (Lipinski definition) is 4. The number of ether oxygens (including phenoxy) is 2. The maximum absolute atomic E-state index is 10.4. The molecule has 2 unspecified atom stereocenters. The van der Waals surface area contributed by atoms with E-state index in [9.17, 15) is 8.76 Å². The van der Waals surface area contributed by atoms with Crippen molar-refractivity contribution in [1.29, 1.82) is 0 Å². The number of methoxy groups -OCH3 is 1. The molecule has 4 nitrogen and oxygen atoms in total. The number of hydrogen-bond donors (Lipinski definition) is 0. The molecule has 0 aromatic heterocycles. The molecule has 66 valence electrons. The first-order valence-corrected chi connectivity index (χ1v) is 4.62. The van der Waals surface area contributed by atoms with Crippen LogP contribution in [0.3, 0.4) is 0 Å². The summed E-state index contributed by atoms with van der Waals surface area (Å²) in [5.41, 5.74) is -0.577. The molecule has 12 heavy (non-hydrogen) atoms. The standard InChI is InChI=1S/C6H12O4S.Na/c1-9-6(5-11(7)8)2-3-10-4-6;/h2-5H2,1H3,(H,7,8);/q;+1/p-1. The molecule has 0 N–H and O–H groups in total. The van der Waals surface area contributed by atoms with E-state index < -0.39 is 16.7 Å². The maximum Gasteiger partial charge on any atom is 1.00 e. The first-order chi connectivity index (χ1) is 5.18. The summed E-state index contributed by atoms with van der Waals surface area (Å²) >= 11 is -2.05. The minimum absolute atomic E-state index is 0. The molecule has 1 aliphatic heterocycles. The molecule has 0 aliphatic carbocycles. The van der Waals surface area contributed by atoms with Gasteiger partial charge in [-0.25, -0.2) is 0 Å². The second kappa shape index (κ2) is 5.70. The molecule has 1 saturated heterocycles. The van der Waals surface area contributed by atoms with Crippen molar-refractivity contribution in [2.24, 2.45) is 0 Å². The normalized spacial score (nSPS) is 31.2. The SMILES string of the molecule is COC1(CS(=O)[O-])CCOC1.[Na+]. The van der Waals surface area contributed by atoms with Crippen molar-refractivity contribution in [3.8, 4) is 0 Å². The average Bonchev–Trinajstić information content (AvgIpc) is 2.36. The van der Waals surface area contributed by atoms with Crippen LogP contribution in [0.1, 0.15) is 6.42 Å². The van der Waals surface area contributed by atoms with Gasteiger partial charge in [0.1, 0.15) is 5.60 Å². The van der Waals surface area contributed by atoms with Gasteiger partial charge in [0.2, 0.25) is 0 Å². The molecule has 2 atom stereocenters. The van der Waals surface area contributed by atoms with E-state index in [-0.39, 0.29) is 35.3 Å². The van der Waals surface area contributed by atoms with Crippen LogP contribution in [0, 0.1) is 0 Å². The molecular formula is C6H11NaO4S. The molecule has 6 heteroatoms. The quantitative estimate of drug-likeness (QED) is 0.355. The fraction of sp³-hybridized carbons (Fsp3) is 1.00. The first-order valence-electron chi connectivity index (χ1n) is 3.37. The van der Waals surface area contributed by atoms with Crippen LogP contribution in [-0.2, 0) is 20.6 Å². The third kappa shape index (κ3) is 3.41. The Bertz CT molecular complexity index is 158. The molecule has 1 rings (SSSR count). The Labute approximate surface area is 96.6 Å². The number of rotatable bonds is 3. The smallest absolute Gasteiger partial charge is 0.772 e. The van der Waals surface area contributed by atoms with Gasteiger partial charge in [-0.3, -0.25) is 4.21 Å². The van der Waals surface area contributed by atoms with Gasteiger partial charge >= 0.3 is 29.6 Å². The molecule has 0 radical (unpaired) electrons. The van der Waals surface area contributed by atoms with Gasteiger partial charge < -0.3 is 14.0 Å². The fourth-order valence-corrected chi connectivity index (χ4v) is 1.91. The summed E-state index contributed by atoms with van der Waals surface area (Å²) in [6.07, 6.45) is 0.664. The van der Waals surface area contributed by atoms with Crippen molar-refractivity contribution >= 4 is 11.1 Å². The minimum Gasteiger partial charge on any atom is -0.772 e. The fourth-order valence-electron chi connectivity index (χ4n) is 1.14. The van der Waals surface area contributed by atoms with Gasteiger partial charge in [-0.2, -0.15) is 0 Å². The van der Waals surface area contributed by atoms with Crippen molar-refractivity contribution in [2.75, 3.05) is 26.1 Å². The Morgan fingerprint density at radius 1 is 1.75 bits per heavy atom. The van der Waals surface area contributed by atoms with Crippen LogP contribution < -0.4 is 29.6 Å². The summed E-state index contributed by atoms with van der Waals surface area (Å²) in [6, 6.07) is 0. The molecule has 0 spiro atoms. The van der Waals surface area contributed by atoms with Gasteiger partial charge in [-0.15, -0.1) is 0 Å². The molecule has 0 amide bonds. The van der Waals surface area contributed by atoms with E-state index in [1.54, 1.807) is 0 Å². The Balaban J connectivity index is 0.00000121. The summed E-state index contributed by atoms with van der Waals surface area (Å²) in [6.45, 7) is 0.975. The van der Waals surface area contributed by atoms with E-state index in [1.807, 2.05) is 0 Å². The Hall–Kier alpha value is 1.03. The van der Waals surface area contributed by atoms with Gasteiger partial charge in [0.15, 0.2) is 0 Å². The van der Waals surface area contributed by atoms with Crippen LogP contribution >= 0.6 is 0 Å². The molecular weight excluding hydrogens is 191 g/mol. The van der Waals surface area contributed by atoms with Crippen LogP contribution in [0.15, 0.2) is 0 Å². The van der Waals surface area contributed by atoms with E-state index in [1.165, 1.54) is 7.11 Å². The van der Waals surface area contributed by atoms with E-state index in [0.717, 1.165) is 0 Å². The van der Waals surface area contributed by atoms with E-state index >= 15 is 0 Å². The maximum atomic E-state index is 10.4. The minimum atomic E-state index is -2.05. The van der Waals surface area contributed by atoms with Crippen LogP contribution in [0.4, 0.5) is 0 Å². The monoisotopic (exact) mass is 202 g/mol. The molecule has 0 saturated carbocycles. The summed E-state index contributed by atoms with van der Waals surface area (Å²) in [7, 11) is 1.52. The van der Waals surface area contributed by atoms with Gasteiger partial charge in [0, 0.05) is 25.9 Å². The van der Waals surface area contributed by atoms with Gasteiger partial charge in [-0.1, -0.05) is 11.1 Å². The molecule has 0 aromatic carbocycles. The molecule has 0 bridgehead atoms. The van der Waals surface area contributed by atoms with Crippen LogP contribution in [0.2, 0.25) is 0 Å². The second-order valence-corrected chi connectivity index (χ2v) is 3.53. The zero-order valence-electron chi connectivity index (χ0n) is 7.37. The largest absolute Gasteiger partial charge is 1.00 e. The summed E-state index contributed by atoms with van der Waals surface area (Å²) < 4.78 is 30.9. The Morgan fingerprint density at radius 2 is 2.42 bits per heavy atom. The molecule has 0 aromatic rings. The van der Waals surface area contributed by atoms with Crippen LogP contribution in [0.5, 0.6) is 0 Å². The van der Waals surface area contributed by atoms with Gasteiger partial charge in [0.05, 0.1) is 6.61 Å². The summed E-state index contributed by atoms with van der Waals surface area (Å²) in [5.74, 6) is 0.0312.